The van der Waals surface area contributed by atoms with Gasteiger partial charge in [-0.3, -0.25) is 0 Å². The second-order valence-electron chi connectivity index (χ2n) is 6.93. The average molecular weight is 267 g/mol. The van der Waals surface area contributed by atoms with Gasteiger partial charge in [0, 0.05) is 6.54 Å². The van der Waals surface area contributed by atoms with Crippen molar-refractivity contribution in [2.75, 3.05) is 13.2 Å². The lowest BCUT2D eigenvalue weighted by Gasteiger charge is -2.37. The second-order valence-corrected chi connectivity index (χ2v) is 6.93. The van der Waals surface area contributed by atoms with Crippen LogP contribution in [0.2, 0.25) is 0 Å². The maximum absolute atomic E-state index is 6.32. The minimum Gasteiger partial charge on any atom is -0.371 e. The van der Waals surface area contributed by atoms with Gasteiger partial charge in [0.1, 0.15) is 0 Å². The lowest BCUT2D eigenvalue weighted by atomic mass is 9.84. The van der Waals surface area contributed by atoms with E-state index in [1.54, 1.807) is 0 Å². The highest BCUT2D eigenvalue weighted by Crippen LogP contribution is 2.43. The fourth-order valence-corrected chi connectivity index (χ4v) is 4.27. The molecule has 0 amide bonds. The average Bonchev–Trinajstić information content (AvgIpc) is 3.08. The molecule has 2 N–H and O–H groups in total. The first kappa shape index (κ1) is 13.8. The smallest absolute Gasteiger partial charge is 0.0817 e. The van der Waals surface area contributed by atoms with Gasteiger partial charge in [-0.05, 0) is 38.5 Å². The van der Waals surface area contributed by atoms with Gasteiger partial charge in [-0.15, -0.1) is 0 Å². The van der Waals surface area contributed by atoms with Gasteiger partial charge >= 0.3 is 0 Å². The van der Waals surface area contributed by atoms with Crippen LogP contribution in [0.4, 0.5) is 0 Å². The molecule has 3 heteroatoms. The molecule has 2 saturated carbocycles. The molecular weight excluding hydrogens is 238 g/mol. The van der Waals surface area contributed by atoms with Crippen molar-refractivity contribution in [1.29, 1.82) is 0 Å². The Morgan fingerprint density at radius 3 is 2.32 bits per heavy atom. The Morgan fingerprint density at radius 2 is 1.63 bits per heavy atom. The predicted molar refractivity (Wildman–Crippen MR) is 76.1 cm³/mol. The molecule has 3 nitrogen and oxygen atoms in total. The monoisotopic (exact) mass is 267 g/mol. The summed E-state index contributed by atoms with van der Waals surface area (Å²) in [5.74, 6) is 0. The molecule has 0 bridgehead atoms. The lowest BCUT2D eigenvalue weighted by molar-refractivity contribution is -0.122. The van der Waals surface area contributed by atoms with Crippen LogP contribution in [0, 0.1) is 0 Å². The minimum atomic E-state index is -0.0347. The number of hydrogen-bond acceptors (Lipinski definition) is 3. The van der Waals surface area contributed by atoms with Crippen LogP contribution in [0.15, 0.2) is 0 Å². The summed E-state index contributed by atoms with van der Waals surface area (Å²) in [6, 6.07) is 0. The Labute approximate surface area is 117 Å². The normalized spacial score (nSPS) is 33.0. The SMILES string of the molecule is NCC1(OCC2CCC3(CCCC3)O2)CCCCC1. The number of rotatable bonds is 4. The summed E-state index contributed by atoms with van der Waals surface area (Å²) in [6.45, 7) is 1.43. The Hall–Kier alpha value is -0.120. The van der Waals surface area contributed by atoms with Crippen LogP contribution in [0.3, 0.4) is 0 Å². The lowest BCUT2D eigenvalue weighted by Crippen LogP contribution is -2.44. The zero-order valence-corrected chi connectivity index (χ0v) is 12.2. The summed E-state index contributed by atoms with van der Waals surface area (Å²) in [4.78, 5) is 0. The van der Waals surface area contributed by atoms with Crippen LogP contribution in [0.5, 0.6) is 0 Å². The molecule has 1 aliphatic heterocycles. The summed E-state index contributed by atoms with van der Waals surface area (Å²) in [6.07, 6.45) is 14.1. The summed E-state index contributed by atoms with van der Waals surface area (Å²) < 4.78 is 12.6. The van der Waals surface area contributed by atoms with Crippen molar-refractivity contribution >= 4 is 0 Å². The van der Waals surface area contributed by atoms with E-state index in [1.807, 2.05) is 0 Å². The molecule has 3 rings (SSSR count). The molecule has 1 heterocycles. The Bertz CT molecular complexity index is 293. The third kappa shape index (κ3) is 2.98. The van der Waals surface area contributed by atoms with Gasteiger partial charge in [0.05, 0.1) is 23.9 Å². The van der Waals surface area contributed by atoms with E-state index in [9.17, 15) is 0 Å². The Morgan fingerprint density at radius 1 is 0.947 bits per heavy atom. The van der Waals surface area contributed by atoms with E-state index in [2.05, 4.69) is 0 Å². The van der Waals surface area contributed by atoms with E-state index >= 15 is 0 Å². The summed E-state index contributed by atoms with van der Waals surface area (Å²) in [5, 5.41) is 0. The molecule has 19 heavy (non-hydrogen) atoms. The third-order valence-electron chi connectivity index (χ3n) is 5.57. The first-order valence-electron chi connectivity index (χ1n) is 8.28. The van der Waals surface area contributed by atoms with Gasteiger partial charge in [0.25, 0.3) is 0 Å². The molecule has 0 radical (unpaired) electrons. The topological polar surface area (TPSA) is 44.5 Å². The van der Waals surface area contributed by atoms with E-state index in [0.29, 0.717) is 12.6 Å². The number of nitrogens with two attached hydrogens (primary N) is 1. The molecule has 2 aliphatic carbocycles. The van der Waals surface area contributed by atoms with Crippen LogP contribution in [-0.2, 0) is 9.47 Å². The van der Waals surface area contributed by atoms with Gasteiger partial charge in [-0.1, -0.05) is 32.1 Å². The van der Waals surface area contributed by atoms with Crippen LogP contribution < -0.4 is 5.73 Å². The van der Waals surface area contributed by atoms with Crippen molar-refractivity contribution in [3.63, 3.8) is 0 Å². The first-order valence-corrected chi connectivity index (χ1v) is 8.28. The van der Waals surface area contributed by atoms with Crippen molar-refractivity contribution in [3.05, 3.63) is 0 Å². The maximum Gasteiger partial charge on any atom is 0.0817 e. The van der Waals surface area contributed by atoms with Crippen LogP contribution in [-0.4, -0.2) is 30.5 Å². The third-order valence-corrected chi connectivity index (χ3v) is 5.57. The Kier molecular flexibility index (Phi) is 4.16. The molecule has 110 valence electrons. The quantitative estimate of drug-likeness (QED) is 0.851. The zero-order valence-electron chi connectivity index (χ0n) is 12.2. The van der Waals surface area contributed by atoms with Crippen LogP contribution in [0.1, 0.15) is 70.6 Å². The van der Waals surface area contributed by atoms with E-state index in [4.69, 9.17) is 15.2 Å². The maximum atomic E-state index is 6.32. The molecule has 1 atom stereocenters. The van der Waals surface area contributed by atoms with Crippen LogP contribution in [0.25, 0.3) is 0 Å². The van der Waals surface area contributed by atoms with E-state index in [-0.39, 0.29) is 11.2 Å². The van der Waals surface area contributed by atoms with Gasteiger partial charge < -0.3 is 15.2 Å². The van der Waals surface area contributed by atoms with E-state index < -0.39 is 0 Å². The first-order chi connectivity index (χ1) is 9.26. The van der Waals surface area contributed by atoms with Gasteiger partial charge in [-0.25, -0.2) is 0 Å². The second kappa shape index (κ2) is 5.71. The van der Waals surface area contributed by atoms with Crippen molar-refractivity contribution in [3.8, 4) is 0 Å². The largest absolute Gasteiger partial charge is 0.371 e. The summed E-state index contributed by atoms with van der Waals surface area (Å²) in [7, 11) is 0. The predicted octanol–water partition coefficient (Wildman–Crippen LogP) is 3.16. The van der Waals surface area contributed by atoms with Crippen LogP contribution >= 0.6 is 0 Å². The number of ether oxygens (including phenoxy) is 2. The molecule has 0 aromatic rings. The highest BCUT2D eigenvalue weighted by Gasteiger charge is 2.43. The zero-order chi connectivity index (χ0) is 13.2. The standard InChI is InChI=1S/C16H29NO2/c17-13-16(9-2-1-3-10-16)18-12-14-6-11-15(19-14)7-4-5-8-15/h14H,1-13,17H2. The highest BCUT2D eigenvalue weighted by molar-refractivity contribution is 4.93. The van der Waals surface area contributed by atoms with E-state index in [1.165, 1.54) is 57.8 Å². The molecule has 1 unspecified atom stereocenters. The molecule has 3 aliphatic rings. The van der Waals surface area contributed by atoms with Crippen molar-refractivity contribution in [1.82, 2.24) is 0 Å². The van der Waals surface area contributed by atoms with Gasteiger partial charge in [0.15, 0.2) is 0 Å². The molecule has 1 saturated heterocycles. The Balaban J connectivity index is 1.49. The summed E-state index contributed by atoms with van der Waals surface area (Å²) >= 11 is 0. The molecule has 0 aromatic heterocycles. The molecule has 0 aromatic carbocycles. The molecule has 3 fully saturated rings. The van der Waals surface area contributed by atoms with Gasteiger partial charge in [0.2, 0.25) is 0 Å². The van der Waals surface area contributed by atoms with Crippen molar-refractivity contribution < 1.29 is 9.47 Å². The number of hydrogen-bond donors (Lipinski definition) is 1. The fraction of sp³-hybridized carbons (Fsp3) is 1.00. The molecule has 1 spiro atoms. The minimum absolute atomic E-state index is 0.0347. The van der Waals surface area contributed by atoms with E-state index in [0.717, 1.165) is 19.4 Å². The highest BCUT2D eigenvalue weighted by atomic mass is 16.6. The molecular formula is C16H29NO2. The summed E-state index contributed by atoms with van der Waals surface area (Å²) in [5.41, 5.74) is 6.17. The van der Waals surface area contributed by atoms with Crippen molar-refractivity contribution in [2.45, 2.75) is 87.9 Å². The fourth-order valence-electron chi connectivity index (χ4n) is 4.27. The van der Waals surface area contributed by atoms with Gasteiger partial charge in [-0.2, -0.15) is 0 Å². The van der Waals surface area contributed by atoms with Crippen molar-refractivity contribution in [2.24, 2.45) is 5.73 Å².